The third-order valence-electron chi connectivity index (χ3n) is 4.33. The Morgan fingerprint density at radius 2 is 2.12 bits per heavy atom. The van der Waals surface area contributed by atoms with Gasteiger partial charge in [0.1, 0.15) is 5.75 Å². The van der Waals surface area contributed by atoms with Crippen molar-refractivity contribution in [1.82, 2.24) is 15.5 Å². The van der Waals surface area contributed by atoms with Gasteiger partial charge in [0.25, 0.3) is 0 Å². The molecule has 1 aromatic carbocycles. The number of benzene rings is 1. The Morgan fingerprint density at radius 3 is 2.72 bits per heavy atom. The SMILES string of the molecule is C=C(C)CN1CCC(NC(=NC)NCc2cc(Br)ccc2OC)CC1. The molecule has 2 N–H and O–H groups in total. The van der Waals surface area contributed by atoms with Crippen LogP contribution in [-0.2, 0) is 6.54 Å². The van der Waals surface area contributed by atoms with E-state index in [1.807, 2.05) is 19.2 Å². The number of rotatable bonds is 6. The summed E-state index contributed by atoms with van der Waals surface area (Å²) in [5.41, 5.74) is 2.32. The van der Waals surface area contributed by atoms with E-state index in [2.05, 4.69) is 56.0 Å². The number of likely N-dealkylation sites (tertiary alicyclic amines) is 1. The molecule has 0 aromatic heterocycles. The summed E-state index contributed by atoms with van der Waals surface area (Å²) in [6.45, 7) is 9.96. The molecule has 138 valence electrons. The lowest BCUT2D eigenvalue weighted by Crippen LogP contribution is -2.48. The number of piperidine rings is 1. The molecule has 1 heterocycles. The normalized spacial score (nSPS) is 16.6. The molecule has 1 saturated heterocycles. The lowest BCUT2D eigenvalue weighted by atomic mass is 10.0. The summed E-state index contributed by atoms with van der Waals surface area (Å²) in [6, 6.07) is 6.47. The highest BCUT2D eigenvalue weighted by molar-refractivity contribution is 9.10. The Labute approximate surface area is 159 Å². The van der Waals surface area contributed by atoms with Gasteiger partial charge in [-0.3, -0.25) is 9.89 Å². The van der Waals surface area contributed by atoms with Crippen molar-refractivity contribution in [3.05, 3.63) is 40.4 Å². The summed E-state index contributed by atoms with van der Waals surface area (Å²) in [4.78, 5) is 6.82. The second kappa shape index (κ2) is 9.82. The van der Waals surface area contributed by atoms with Gasteiger partial charge in [-0.05, 0) is 38.0 Å². The summed E-state index contributed by atoms with van der Waals surface area (Å²) < 4.78 is 6.47. The van der Waals surface area contributed by atoms with Gasteiger partial charge in [-0.25, -0.2) is 0 Å². The molecule has 1 aromatic rings. The standard InChI is InChI=1S/C19H29BrN4O/c1-14(2)13-24-9-7-17(8-10-24)23-19(21-3)22-12-15-11-16(20)5-6-18(15)25-4/h5-6,11,17H,1,7-10,12-13H2,2-4H3,(H2,21,22,23). The molecule has 25 heavy (non-hydrogen) atoms. The van der Waals surface area contributed by atoms with Crippen LogP contribution in [-0.4, -0.2) is 50.7 Å². The van der Waals surface area contributed by atoms with Crippen LogP contribution < -0.4 is 15.4 Å². The van der Waals surface area contributed by atoms with Crippen molar-refractivity contribution in [3.63, 3.8) is 0 Å². The summed E-state index contributed by atoms with van der Waals surface area (Å²) in [5, 5.41) is 6.93. The van der Waals surface area contributed by atoms with E-state index in [0.717, 1.165) is 54.2 Å². The first-order valence-corrected chi connectivity index (χ1v) is 9.47. The first-order chi connectivity index (χ1) is 12.0. The minimum Gasteiger partial charge on any atom is -0.496 e. The van der Waals surface area contributed by atoms with Crippen LogP contribution in [0.15, 0.2) is 39.8 Å². The first-order valence-electron chi connectivity index (χ1n) is 8.68. The monoisotopic (exact) mass is 408 g/mol. The molecule has 1 aliphatic heterocycles. The van der Waals surface area contributed by atoms with Crippen LogP contribution >= 0.6 is 15.9 Å². The van der Waals surface area contributed by atoms with Crippen molar-refractivity contribution in [2.45, 2.75) is 32.4 Å². The van der Waals surface area contributed by atoms with E-state index in [1.54, 1.807) is 7.11 Å². The second-order valence-corrected chi connectivity index (χ2v) is 7.45. The molecule has 5 nitrogen and oxygen atoms in total. The number of nitrogens with zero attached hydrogens (tertiary/aromatic N) is 2. The molecule has 0 amide bonds. The van der Waals surface area contributed by atoms with E-state index in [4.69, 9.17) is 4.74 Å². The quantitative estimate of drug-likeness (QED) is 0.431. The van der Waals surface area contributed by atoms with Crippen LogP contribution in [0.2, 0.25) is 0 Å². The largest absolute Gasteiger partial charge is 0.496 e. The molecule has 2 rings (SSSR count). The predicted octanol–water partition coefficient (Wildman–Crippen LogP) is 3.16. The van der Waals surface area contributed by atoms with E-state index >= 15 is 0 Å². The molecule has 6 heteroatoms. The van der Waals surface area contributed by atoms with E-state index < -0.39 is 0 Å². The van der Waals surface area contributed by atoms with E-state index in [-0.39, 0.29) is 0 Å². The minimum absolute atomic E-state index is 0.456. The molecule has 0 unspecified atom stereocenters. The molecule has 0 atom stereocenters. The second-order valence-electron chi connectivity index (χ2n) is 6.53. The molecule has 1 fully saturated rings. The van der Waals surface area contributed by atoms with Crippen molar-refractivity contribution >= 4 is 21.9 Å². The average Bonchev–Trinajstić information content (AvgIpc) is 2.59. The highest BCUT2D eigenvalue weighted by Gasteiger charge is 2.19. The average molecular weight is 409 g/mol. The Hall–Kier alpha value is -1.53. The van der Waals surface area contributed by atoms with Gasteiger partial charge >= 0.3 is 0 Å². The Balaban J connectivity index is 1.84. The first kappa shape index (κ1) is 19.8. The van der Waals surface area contributed by atoms with Gasteiger partial charge in [-0.1, -0.05) is 28.1 Å². The molecule has 0 bridgehead atoms. The zero-order valence-electron chi connectivity index (χ0n) is 15.4. The molecular weight excluding hydrogens is 380 g/mol. The Bertz CT molecular complexity index is 609. The van der Waals surface area contributed by atoms with Crippen LogP contribution in [0.3, 0.4) is 0 Å². The lowest BCUT2D eigenvalue weighted by Gasteiger charge is -2.33. The fraction of sp³-hybridized carbons (Fsp3) is 0.526. The summed E-state index contributed by atoms with van der Waals surface area (Å²) in [5.74, 6) is 1.71. The maximum Gasteiger partial charge on any atom is 0.191 e. The minimum atomic E-state index is 0.456. The van der Waals surface area contributed by atoms with Gasteiger partial charge in [-0.15, -0.1) is 0 Å². The summed E-state index contributed by atoms with van der Waals surface area (Å²) in [7, 11) is 3.50. The molecule has 0 spiro atoms. The van der Waals surface area contributed by atoms with Gasteiger partial charge in [0.05, 0.1) is 7.11 Å². The van der Waals surface area contributed by atoms with Crippen LogP contribution in [0.5, 0.6) is 5.75 Å². The van der Waals surface area contributed by atoms with Crippen molar-refractivity contribution in [1.29, 1.82) is 0 Å². The fourth-order valence-corrected chi connectivity index (χ4v) is 3.48. The van der Waals surface area contributed by atoms with Crippen LogP contribution in [0.1, 0.15) is 25.3 Å². The molecule has 1 aliphatic rings. The molecular formula is C19H29BrN4O. The maximum absolute atomic E-state index is 5.43. The summed E-state index contributed by atoms with van der Waals surface area (Å²) >= 11 is 3.51. The fourth-order valence-electron chi connectivity index (χ4n) is 3.07. The van der Waals surface area contributed by atoms with E-state index in [1.165, 1.54) is 5.57 Å². The zero-order valence-corrected chi connectivity index (χ0v) is 17.0. The number of methoxy groups -OCH3 is 1. The van der Waals surface area contributed by atoms with Gasteiger partial charge in [-0.2, -0.15) is 0 Å². The topological polar surface area (TPSA) is 48.9 Å². The number of aliphatic imine (C=N–C) groups is 1. The smallest absolute Gasteiger partial charge is 0.191 e. The van der Waals surface area contributed by atoms with E-state index in [9.17, 15) is 0 Å². The highest BCUT2D eigenvalue weighted by atomic mass is 79.9. The van der Waals surface area contributed by atoms with Crippen LogP contribution in [0, 0.1) is 0 Å². The van der Waals surface area contributed by atoms with Crippen molar-refractivity contribution in [2.24, 2.45) is 4.99 Å². The summed E-state index contributed by atoms with van der Waals surface area (Å²) in [6.07, 6.45) is 2.24. The number of guanidine groups is 1. The number of ether oxygens (including phenoxy) is 1. The highest BCUT2D eigenvalue weighted by Crippen LogP contribution is 2.22. The maximum atomic E-state index is 5.43. The molecule has 0 radical (unpaired) electrons. The third kappa shape index (κ3) is 6.36. The van der Waals surface area contributed by atoms with Gasteiger partial charge in [0, 0.05) is 49.3 Å². The van der Waals surface area contributed by atoms with Crippen molar-refractivity contribution < 1.29 is 4.74 Å². The number of hydrogen-bond acceptors (Lipinski definition) is 3. The van der Waals surface area contributed by atoms with Crippen molar-refractivity contribution in [2.75, 3.05) is 33.8 Å². The predicted molar refractivity (Wildman–Crippen MR) is 108 cm³/mol. The lowest BCUT2D eigenvalue weighted by molar-refractivity contribution is 0.221. The van der Waals surface area contributed by atoms with Crippen molar-refractivity contribution in [3.8, 4) is 5.75 Å². The van der Waals surface area contributed by atoms with Gasteiger partial charge in [0.15, 0.2) is 5.96 Å². The van der Waals surface area contributed by atoms with Gasteiger partial charge in [0.2, 0.25) is 0 Å². The molecule has 0 saturated carbocycles. The van der Waals surface area contributed by atoms with Crippen LogP contribution in [0.4, 0.5) is 0 Å². The van der Waals surface area contributed by atoms with E-state index in [0.29, 0.717) is 12.6 Å². The third-order valence-corrected chi connectivity index (χ3v) is 4.83. The van der Waals surface area contributed by atoms with Gasteiger partial charge < -0.3 is 15.4 Å². The number of hydrogen-bond donors (Lipinski definition) is 2. The molecule has 0 aliphatic carbocycles. The number of halogens is 1. The number of nitrogens with one attached hydrogen (secondary N) is 2. The van der Waals surface area contributed by atoms with Crippen LogP contribution in [0.25, 0.3) is 0 Å². The Morgan fingerprint density at radius 1 is 1.40 bits per heavy atom. The zero-order chi connectivity index (χ0) is 18.2. The Kier molecular flexibility index (Phi) is 7.78.